The van der Waals surface area contributed by atoms with Gasteiger partial charge in [0, 0.05) is 31.4 Å². The van der Waals surface area contributed by atoms with Crippen LogP contribution in [0.4, 0.5) is 5.82 Å². The van der Waals surface area contributed by atoms with E-state index in [1.165, 1.54) is 7.11 Å². The molecule has 1 unspecified atom stereocenters. The van der Waals surface area contributed by atoms with Gasteiger partial charge in [-0.25, -0.2) is 4.98 Å². The van der Waals surface area contributed by atoms with Crippen molar-refractivity contribution >= 4 is 11.8 Å². The predicted molar refractivity (Wildman–Crippen MR) is 69.1 cm³/mol. The Kier molecular flexibility index (Phi) is 3.52. The first-order valence-electron chi connectivity index (χ1n) is 6.08. The summed E-state index contributed by atoms with van der Waals surface area (Å²) in [5.41, 5.74) is 6.27. The maximum Gasteiger partial charge on any atom is 0.313 e. The summed E-state index contributed by atoms with van der Waals surface area (Å²) in [6, 6.07) is 3.84. The van der Waals surface area contributed by atoms with Crippen LogP contribution in [0.1, 0.15) is 18.9 Å². The molecule has 1 saturated heterocycles. The molecule has 0 spiro atoms. The lowest BCUT2D eigenvalue weighted by atomic mass is 9.90. The first-order valence-corrected chi connectivity index (χ1v) is 6.08. The third kappa shape index (κ3) is 2.18. The number of methoxy groups -OCH3 is 1. The number of carbonyl (C=O) groups excluding carboxylic acids is 1. The fraction of sp³-hybridized carbons (Fsp3) is 0.538. The molecule has 1 fully saturated rings. The van der Waals surface area contributed by atoms with Gasteiger partial charge in [-0.1, -0.05) is 6.07 Å². The third-order valence-electron chi connectivity index (χ3n) is 3.54. The third-order valence-corrected chi connectivity index (χ3v) is 3.54. The minimum Gasteiger partial charge on any atom is -0.469 e. The van der Waals surface area contributed by atoms with Gasteiger partial charge in [0.25, 0.3) is 0 Å². The van der Waals surface area contributed by atoms with Crippen molar-refractivity contribution < 1.29 is 9.53 Å². The lowest BCUT2D eigenvalue weighted by Crippen LogP contribution is -2.33. The molecule has 18 heavy (non-hydrogen) atoms. The summed E-state index contributed by atoms with van der Waals surface area (Å²) in [6.45, 7) is 3.82. The summed E-state index contributed by atoms with van der Waals surface area (Å²) in [5, 5.41) is 0. The van der Waals surface area contributed by atoms with Crippen molar-refractivity contribution in [3.8, 4) is 0 Å². The Labute approximate surface area is 107 Å². The van der Waals surface area contributed by atoms with Crippen molar-refractivity contribution in [2.45, 2.75) is 19.9 Å². The van der Waals surface area contributed by atoms with Gasteiger partial charge < -0.3 is 15.4 Å². The molecule has 1 aromatic rings. The second-order valence-corrected chi connectivity index (χ2v) is 4.91. The summed E-state index contributed by atoms with van der Waals surface area (Å²) in [6.07, 6.45) is 2.53. The second-order valence-electron chi connectivity index (χ2n) is 4.91. The molecule has 0 aliphatic carbocycles. The van der Waals surface area contributed by atoms with Gasteiger partial charge in [0.15, 0.2) is 0 Å². The number of rotatable bonds is 3. The zero-order valence-electron chi connectivity index (χ0n) is 10.8. The summed E-state index contributed by atoms with van der Waals surface area (Å²) < 4.78 is 4.87. The Balaban J connectivity index is 2.20. The minimum atomic E-state index is -0.446. The maximum absolute atomic E-state index is 11.8. The number of pyridine rings is 1. The number of esters is 1. The molecule has 0 radical (unpaired) electrons. The summed E-state index contributed by atoms with van der Waals surface area (Å²) >= 11 is 0. The van der Waals surface area contributed by atoms with Crippen molar-refractivity contribution in [1.82, 2.24) is 4.98 Å². The highest BCUT2D eigenvalue weighted by molar-refractivity contribution is 5.78. The average molecular weight is 249 g/mol. The maximum atomic E-state index is 11.8. The number of nitrogens with zero attached hydrogens (tertiary/aromatic N) is 2. The zero-order chi connectivity index (χ0) is 13.2. The van der Waals surface area contributed by atoms with Crippen LogP contribution in [0.3, 0.4) is 0 Å². The summed E-state index contributed by atoms with van der Waals surface area (Å²) in [7, 11) is 1.43. The van der Waals surface area contributed by atoms with Crippen LogP contribution in [0.5, 0.6) is 0 Å². The molecule has 5 heteroatoms. The first-order chi connectivity index (χ1) is 8.60. The van der Waals surface area contributed by atoms with Gasteiger partial charge >= 0.3 is 5.97 Å². The van der Waals surface area contributed by atoms with Crippen molar-refractivity contribution in [2.24, 2.45) is 11.1 Å². The molecule has 1 atom stereocenters. The molecule has 98 valence electrons. The number of ether oxygens (including phenoxy) is 1. The van der Waals surface area contributed by atoms with Crippen molar-refractivity contribution in [3.63, 3.8) is 0 Å². The van der Waals surface area contributed by atoms with Crippen LogP contribution in [-0.2, 0) is 16.1 Å². The predicted octanol–water partition coefficient (Wildman–Crippen LogP) is 0.930. The van der Waals surface area contributed by atoms with E-state index < -0.39 is 5.41 Å². The minimum absolute atomic E-state index is 0.157. The topological polar surface area (TPSA) is 68.5 Å². The van der Waals surface area contributed by atoms with Crippen LogP contribution < -0.4 is 10.6 Å². The van der Waals surface area contributed by atoms with Gasteiger partial charge in [-0.15, -0.1) is 0 Å². The number of hydrogen-bond donors (Lipinski definition) is 1. The zero-order valence-corrected chi connectivity index (χ0v) is 10.8. The molecule has 0 amide bonds. The molecule has 0 aromatic carbocycles. The van der Waals surface area contributed by atoms with E-state index in [4.69, 9.17) is 10.5 Å². The van der Waals surface area contributed by atoms with E-state index in [1.54, 1.807) is 6.20 Å². The number of carbonyl (C=O) groups is 1. The highest BCUT2D eigenvalue weighted by Gasteiger charge is 2.42. The highest BCUT2D eigenvalue weighted by atomic mass is 16.5. The number of nitrogens with two attached hydrogens (primary N) is 1. The molecular weight excluding hydrogens is 230 g/mol. The fourth-order valence-electron chi connectivity index (χ4n) is 2.43. The molecule has 0 saturated carbocycles. The SMILES string of the molecule is COC(=O)C1(C)CCN(c2ncccc2CN)C1. The van der Waals surface area contributed by atoms with E-state index >= 15 is 0 Å². The van der Waals surface area contributed by atoms with E-state index in [9.17, 15) is 4.79 Å². The normalized spacial score (nSPS) is 23.2. The van der Waals surface area contributed by atoms with Gasteiger partial charge in [0.05, 0.1) is 12.5 Å². The summed E-state index contributed by atoms with van der Waals surface area (Å²) in [4.78, 5) is 18.3. The molecule has 2 N–H and O–H groups in total. The second kappa shape index (κ2) is 4.94. The first kappa shape index (κ1) is 12.8. The smallest absolute Gasteiger partial charge is 0.313 e. The molecular formula is C13H19N3O2. The van der Waals surface area contributed by atoms with Gasteiger partial charge in [0.1, 0.15) is 5.82 Å². The van der Waals surface area contributed by atoms with Crippen LogP contribution in [0, 0.1) is 5.41 Å². The molecule has 2 heterocycles. The lowest BCUT2D eigenvalue weighted by molar-refractivity contribution is -0.150. The number of aromatic nitrogens is 1. The number of hydrogen-bond acceptors (Lipinski definition) is 5. The highest BCUT2D eigenvalue weighted by Crippen LogP contribution is 2.34. The number of anilines is 1. The fourth-order valence-corrected chi connectivity index (χ4v) is 2.43. The van der Waals surface area contributed by atoms with E-state index in [2.05, 4.69) is 9.88 Å². The Bertz CT molecular complexity index is 450. The van der Waals surface area contributed by atoms with E-state index in [0.29, 0.717) is 13.1 Å². The molecule has 1 aliphatic rings. The van der Waals surface area contributed by atoms with Crippen LogP contribution in [0.25, 0.3) is 0 Å². The van der Waals surface area contributed by atoms with Gasteiger partial charge in [-0.3, -0.25) is 4.79 Å². The van der Waals surface area contributed by atoms with Crippen molar-refractivity contribution in [3.05, 3.63) is 23.9 Å². The monoisotopic (exact) mass is 249 g/mol. The van der Waals surface area contributed by atoms with Crippen molar-refractivity contribution in [1.29, 1.82) is 0 Å². The van der Waals surface area contributed by atoms with Gasteiger partial charge in [-0.2, -0.15) is 0 Å². The Morgan fingerprint density at radius 3 is 3.11 bits per heavy atom. The molecule has 2 rings (SSSR count). The van der Waals surface area contributed by atoms with E-state index in [1.807, 2.05) is 19.1 Å². The Morgan fingerprint density at radius 2 is 2.44 bits per heavy atom. The summed E-state index contributed by atoms with van der Waals surface area (Å²) in [5.74, 6) is 0.725. The van der Waals surface area contributed by atoms with Crippen LogP contribution in [0.15, 0.2) is 18.3 Å². The van der Waals surface area contributed by atoms with Crippen LogP contribution in [0.2, 0.25) is 0 Å². The molecule has 1 aliphatic heterocycles. The molecule has 5 nitrogen and oxygen atoms in total. The Hall–Kier alpha value is -1.62. The van der Waals surface area contributed by atoms with Gasteiger partial charge in [-0.05, 0) is 19.4 Å². The largest absolute Gasteiger partial charge is 0.469 e. The van der Waals surface area contributed by atoms with E-state index in [0.717, 1.165) is 24.3 Å². The van der Waals surface area contributed by atoms with Crippen LogP contribution >= 0.6 is 0 Å². The Morgan fingerprint density at radius 1 is 1.67 bits per heavy atom. The van der Waals surface area contributed by atoms with E-state index in [-0.39, 0.29) is 5.97 Å². The standard InChI is InChI=1S/C13H19N3O2/c1-13(12(17)18-2)5-7-16(9-13)11-10(8-14)4-3-6-15-11/h3-4,6H,5,7-9,14H2,1-2H3. The van der Waals surface area contributed by atoms with Gasteiger partial charge in [0.2, 0.25) is 0 Å². The molecule has 1 aromatic heterocycles. The molecule has 0 bridgehead atoms. The van der Waals surface area contributed by atoms with Crippen LogP contribution in [-0.4, -0.2) is 31.2 Å². The lowest BCUT2D eigenvalue weighted by Gasteiger charge is -2.23. The quantitative estimate of drug-likeness (QED) is 0.807. The van der Waals surface area contributed by atoms with Crippen molar-refractivity contribution in [2.75, 3.05) is 25.1 Å². The average Bonchev–Trinajstić information content (AvgIpc) is 2.81.